The Morgan fingerprint density at radius 2 is 2.17 bits per heavy atom. The fourth-order valence-electron chi connectivity index (χ4n) is 1.75. The molecule has 0 radical (unpaired) electrons. The summed E-state index contributed by atoms with van der Waals surface area (Å²) in [5.41, 5.74) is 4.93. The van der Waals surface area contributed by atoms with Crippen molar-refractivity contribution in [2.45, 2.75) is 31.2 Å². The Kier molecular flexibility index (Phi) is 5.26. The van der Waals surface area contributed by atoms with Crippen LogP contribution in [0.5, 0.6) is 0 Å². The molecule has 0 aromatic carbocycles. The van der Waals surface area contributed by atoms with Crippen molar-refractivity contribution >= 4 is 29.7 Å². The number of thioether (sulfide) groups is 1. The fourth-order valence-corrected chi connectivity index (χ4v) is 3.26. The largest absolute Gasteiger partial charge is 0.480 e. The number of amides is 3. The summed E-state index contributed by atoms with van der Waals surface area (Å²) in [4.78, 5) is 34.9. The fraction of sp³-hybridized carbons (Fsp3) is 0.700. The maximum Gasteiger partial charge on any atom is 0.327 e. The Hall–Kier alpha value is -1.44. The van der Waals surface area contributed by atoms with Gasteiger partial charge in [0.2, 0.25) is 5.91 Å². The van der Waals surface area contributed by atoms with Gasteiger partial charge < -0.3 is 16.2 Å². The molecule has 7 nitrogen and oxygen atoms in total. The number of aliphatic carboxylic acids is 1. The summed E-state index contributed by atoms with van der Waals surface area (Å²) in [5, 5.41) is 11.2. The van der Waals surface area contributed by atoms with Crippen LogP contribution < -0.4 is 11.1 Å². The number of nitrogens with zero attached hydrogens (tertiary/aromatic N) is 1. The van der Waals surface area contributed by atoms with Crippen LogP contribution in [0.3, 0.4) is 0 Å². The minimum absolute atomic E-state index is 0.163. The maximum atomic E-state index is 11.9. The number of carboxylic acid groups (broad SMARTS) is 1. The van der Waals surface area contributed by atoms with Gasteiger partial charge in [0, 0.05) is 5.75 Å². The van der Waals surface area contributed by atoms with Gasteiger partial charge >= 0.3 is 12.0 Å². The molecule has 1 saturated heterocycles. The third kappa shape index (κ3) is 3.52. The molecule has 1 aliphatic heterocycles. The predicted octanol–water partition coefficient (Wildman–Crippen LogP) is -0.190. The number of hydrogen-bond acceptors (Lipinski definition) is 4. The first kappa shape index (κ1) is 14.6. The molecule has 1 rings (SSSR count). The quantitative estimate of drug-likeness (QED) is 0.643. The van der Waals surface area contributed by atoms with Crippen molar-refractivity contribution in [3.8, 4) is 0 Å². The lowest BCUT2D eigenvalue weighted by Gasteiger charge is -2.27. The van der Waals surface area contributed by atoms with Gasteiger partial charge in [0.15, 0.2) is 0 Å². The van der Waals surface area contributed by atoms with Crippen LogP contribution in [-0.4, -0.2) is 51.6 Å². The van der Waals surface area contributed by atoms with Crippen LogP contribution >= 0.6 is 11.8 Å². The van der Waals surface area contributed by atoms with Gasteiger partial charge in [-0.15, -0.1) is 11.8 Å². The minimum Gasteiger partial charge on any atom is -0.480 e. The summed E-state index contributed by atoms with van der Waals surface area (Å²) < 4.78 is 0. The minimum atomic E-state index is -1.03. The summed E-state index contributed by atoms with van der Waals surface area (Å²) in [7, 11) is 0. The average molecular weight is 275 g/mol. The zero-order valence-corrected chi connectivity index (χ0v) is 10.9. The van der Waals surface area contributed by atoms with Crippen LogP contribution in [0.1, 0.15) is 19.8 Å². The lowest BCUT2D eigenvalue weighted by Crippen LogP contribution is -2.51. The van der Waals surface area contributed by atoms with Crippen LogP contribution in [0.2, 0.25) is 0 Å². The highest BCUT2D eigenvalue weighted by atomic mass is 32.2. The second-order valence-corrected chi connectivity index (χ2v) is 5.17. The number of carbonyl (C=O) groups is 3. The summed E-state index contributed by atoms with van der Waals surface area (Å²) >= 11 is 1.44. The number of carboxylic acids is 1. The average Bonchev–Trinajstić information content (AvgIpc) is 2.70. The molecule has 0 aromatic heterocycles. The van der Waals surface area contributed by atoms with E-state index in [0.29, 0.717) is 5.75 Å². The van der Waals surface area contributed by atoms with Crippen LogP contribution in [0.15, 0.2) is 0 Å². The summed E-state index contributed by atoms with van der Waals surface area (Å²) in [6, 6.07) is -1.40. The zero-order chi connectivity index (χ0) is 13.7. The van der Waals surface area contributed by atoms with E-state index in [2.05, 4.69) is 5.32 Å². The van der Waals surface area contributed by atoms with Crippen molar-refractivity contribution < 1.29 is 19.5 Å². The van der Waals surface area contributed by atoms with E-state index < -0.39 is 23.9 Å². The molecule has 18 heavy (non-hydrogen) atoms. The molecule has 1 aliphatic rings. The first-order valence-electron chi connectivity index (χ1n) is 5.66. The van der Waals surface area contributed by atoms with Crippen LogP contribution in [-0.2, 0) is 9.59 Å². The molecule has 1 fully saturated rings. The molecular weight excluding hydrogens is 258 g/mol. The molecule has 0 aromatic rings. The van der Waals surface area contributed by atoms with Crippen molar-refractivity contribution in [1.82, 2.24) is 10.2 Å². The molecule has 102 valence electrons. The molecule has 2 atom stereocenters. The van der Waals surface area contributed by atoms with E-state index >= 15 is 0 Å². The lowest BCUT2D eigenvalue weighted by atomic mass is 10.2. The third-order valence-corrected chi connectivity index (χ3v) is 3.92. The lowest BCUT2D eigenvalue weighted by molar-refractivity contribution is -0.141. The monoisotopic (exact) mass is 275 g/mol. The van der Waals surface area contributed by atoms with E-state index in [0.717, 1.165) is 12.8 Å². The normalized spacial score (nSPS) is 22.8. The molecule has 4 N–H and O–H groups in total. The highest BCUT2D eigenvalue weighted by Gasteiger charge is 2.41. The Bertz CT molecular complexity index is 350. The Morgan fingerprint density at radius 3 is 2.67 bits per heavy atom. The highest BCUT2D eigenvalue weighted by molar-refractivity contribution is 8.00. The standard InChI is InChI=1S/C10H17N3O4S/c1-2-3-8-13(6(5-18-8)9(15)16)10(17)12-4-7(11)14/h6,8H,2-5H2,1H3,(H2,11,14)(H,12,17)(H,15,16). The van der Waals surface area contributed by atoms with Crippen molar-refractivity contribution in [1.29, 1.82) is 0 Å². The number of rotatable bonds is 5. The van der Waals surface area contributed by atoms with Crippen LogP contribution in [0.25, 0.3) is 0 Å². The second kappa shape index (κ2) is 6.48. The third-order valence-electron chi connectivity index (χ3n) is 2.56. The Labute approximate surface area is 109 Å². The van der Waals surface area contributed by atoms with Gasteiger partial charge in [0.25, 0.3) is 0 Å². The smallest absolute Gasteiger partial charge is 0.327 e. The molecule has 0 aliphatic carbocycles. The van der Waals surface area contributed by atoms with Gasteiger partial charge in [-0.25, -0.2) is 9.59 Å². The molecule has 2 unspecified atom stereocenters. The molecule has 0 spiro atoms. The topological polar surface area (TPSA) is 113 Å². The summed E-state index contributed by atoms with van der Waals surface area (Å²) in [5.74, 6) is -1.33. The first-order chi connectivity index (χ1) is 8.47. The van der Waals surface area contributed by atoms with Crippen molar-refractivity contribution in [3.05, 3.63) is 0 Å². The van der Waals surface area contributed by atoms with E-state index in [-0.39, 0.29) is 11.9 Å². The van der Waals surface area contributed by atoms with Gasteiger partial charge in [-0.1, -0.05) is 13.3 Å². The second-order valence-electron chi connectivity index (χ2n) is 3.96. The van der Waals surface area contributed by atoms with Gasteiger partial charge in [-0.3, -0.25) is 9.69 Å². The molecule has 8 heteroatoms. The van der Waals surface area contributed by atoms with Gasteiger partial charge in [0.05, 0.1) is 11.9 Å². The number of nitrogens with two attached hydrogens (primary N) is 1. The van der Waals surface area contributed by atoms with E-state index in [1.807, 2.05) is 6.92 Å². The first-order valence-corrected chi connectivity index (χ1v) is 6.71. The van der Waals surface area contributed by atoms with E-state index in [9.17, 15) is 14.4 Å². The molecular formula is C10H17N3O4S. The predicted molar refractivity (Wildman–Crippen MR) is 67.0 cm³/mol. The van der Waals surface area contributed by atoms with Crippen molar-refractivity contribution in [2.24, 2.45) is 5.73 Å². The number of carbonyl (C=O) groups excluding carboxylic acids is 2. The van der Waals surface area contributed by atoms with Crippen molar-refractivity contribution in [2.75, 3.05) is 12.3 Å². The molecule has 1 heterocycles. The zero-order valence-electron chi connectivity index (χ0n) is 10.1. The van der Waals surface area contributed by atoms with Crippen LogP contribution in [0, 0.1) is 0 Å². The molecule has 3 amide bonds. The Morgan fingerprint density at radius 1 is 1.50 bits per heavy atom. The SMILES string of the molecule is CCCC1SCC(C(=O)O)N1C(=O)NCC(N)=O. The van der Waals surface area contributed by atoms with E-state index in [1.165, 1.54) is 16.7 Å². The van der Waals surface area contributed by atoms with E-state index in [4.69, 9.17) is 10.8 Å². The van der Waals surface area contributed by atoms with Gasteiger partial charge in [0.1, 0.15) is 6.04 Å². The van der Waals surface area contributed by atoms with Crippen LogP contribution in [0.4, 0.5) is 4.79 Å². The number of hydrogen-bond donors (Lipinski definition) is 3. The number of urea groups is 1. The summed E-state index contributed by atoms with van der Waals surface area (Å²) in [6.07, 6.45) is 1.57. The molecule has 0 saturated carbocycles. The number of nitrogens with one attached hydrogen (secondary N) is 1. The maximum absolute atomic E-state index is 11.9. The van der Waals surface area contributed by atoms with E-state index in [1.54, 1.807) is 0 Å². The molecule has 0 bridgehead atoms. The highest BCUT2D eigenvalue weighted by Crippen LogP contribution is 2.32. The van der Waals surface area contributed by atoms with Gasteiger partial charge in [-0.05, 0) is 6.42 Å². The number of primary amides is 1. The Balaban J connectivity index is 2.72. The van der Waals surface area contributed by atoms with Gasteiger partial charge in [-0.2, -0.15) is 0 Å². The van der Waals surface area contributed by atoms with Crippen molar-refractivity contribution in [3.63, 3.8) is 0 Å². The summed E-state index contributed by atoms with van der Waals surface area (Å²) in [6.45, 7) is 1.68.